The van der Waals surface area contributed by atoms with Crippen molar-refractivity contribution in [2.45, 2.75) is 6.54 Å². The lowest BCUT2D eigenvalue weighted by Gasteiger charge is -2.36. The van der Waals surface area contributed by atoms with Crippen LogP contribution in [-0.4, -0.2) is 36.1 Å². The molecule has 110 valence electrons. The molecule has 0 radical (unpaired) electrons. The Morgan fingerprint density at radius 2 is 1.52 bits per heavy atom. The van der Waals surface area contributed by atoms with Gasteiger partial charge in [-0.3, -0.25) is 9.88 Å². The van der Waals surface area contributed by atoms with Crippen LogP contribution in [0.1, 0.15) is 5.56 Å². The zero-order valence-corrected chi connectivity index (χ0v) is 11.7. The number of benzene rings is 1. The molecule has 0 saturated carbocycles. The van der Waals surface area contributed by atoms with Crippen molar-refractivity contribution in [3.63, 3.8) is 0 Å². The number of nitrogens with zero attached hydrogens (tertiary/aromatic N) is 3. The van der Waals surface area contributed by atoms with E-state index in [1.165, 1.54) is 17.7 Å². The molecule has 1 aliphatic heterocycles. The Morgan fingerprint density at radius 3 is 2.14 bits per heavy atom. The van der Waals surface area contributed by atoms with Crippen molar-refractivity contribution in [3.8, 4) is 0 Å². The van der Waals surface area contributed by atoms with Gasteiger partial charge in [0.1, 0.15) is 11.6 Å². The molecule has 1 aromatic carbocycles. The topological polar surface area (TPSA) is 19.4 Å². The second-order valence-electron chi connectivity index (χ2n) is 5.25. The highest BCUT2D eigenvalue weighted by atomic mass is 19.1. The van der Waals surface area contributed by atoms with Crippen molar-refractivity contribution < 1.29 is 8.78 Å². The minimum atomic E-state index is -0.524. The summed E-state index contributed by atoms with van der Waals surface area (Å²) in [7, 11) is 0. The van der Waals surface area contributed by atoms with Crippen molar-refractivity contribution in [1.82, 2.24) is 9.88 Å². The fourth-order valence-corrected chi connectivity index (χ4v) is 2.63. The van der Waals surface area contributed by atoms with Gasteiger partial charge in [0.2, 0.25) is 0 Å². The average Bonchev–Trinajstić information content (AvgIpc) is 2.48. The average molecular weight is 289 g/mol. The first-order valence-electron chi connectivity index (χ1n) is 7.03. The Kier molecular flexibility index (Phi) is 4.10. The van der Waals surface area contributed by atoms with Gasteiger partial charge in [0.05, 0.1) is 0 Å². The van der Waals surface area contributed by atoms with Crippen LogP contribution in [0, 0.1) is 11.6 Å². The minimum absolute atomic E-state index is 0.524. The Morgan fingerprint density at radius 1 is 0.905 bits per heavy atom. The first kappa shape index (κ1) is 13.9. The number of halogens is 2. The quantitative estimate of drug-likeness (QED) is 0.866. The van der Waals surface area contributed by atoms with Gasteiger partial charge < -0.3 is 4.90 Å². The maximum Gasteiger partial charge on any atom is 0.128 e. The number of aromatic nitrogens is 1. The molecule has 21 heavy (non-hydrogen) atoms. The first-order chi connectivity index (χ1) is 10.2. The van der Waals surface area contributed by atoms with Crippen LogP contribution in [0.3, 0.4) is 0 Å². The predicted octanol–water partition coefficient (Wildman–Crippen LogP) is 2.68. The number of hydrogen-bond donors (Lipinski definition) is 0. The van der Waals surface area contributed by atoms with Crippen molar-refractivity contribution in [3.05, 3.63) is 59.9 Å². The second-order valence-corrected chi connectivity index (χ2v) is 5.25. The Hall–Kier alpha value is -2.01. The molecule has 0 bridgehead atoms. The van der Waals surface area contributed by atoms with E-state index in [1.807, 2.05) is 17.0 Å². The lowest BCUT2D eigenvalue weighted by molar-refractivity contribution is 0.249. The number of rotatable bonds is 3. The van der Waals surface area contributed by atoms with Gasteiger partial charge in [-0.05, 0) is 29.8 Å². The Balaban J connectivity index is 1.60. The third-order valence-corrected chi connectivity index (χ3v) is 3.74. The van der Waals surface area contributed by atoms with Crippen LogP contribution in [0.5, 0.6) is 0 Å². The number of pyridine rings is 1. The summed E-state index contributed by atoms with van der Waals surface area (Å²) in [5, 5.41) is 0. The van der Waals surface area contributed by atoms with Gasteiger partial charge >= 0.3 is 0 Å². The van der Waals surface area contributed by atoms with E-state index in [2.05, 4.69) is 9.88 Å². The van der Waals surface area contributed by atoms with Crippen molar-refractivity contribution >= 4 is 5.69 Å². The van der Waals surface area contributed by atoms with E-state index >= 15 is 0 Å². The lowest BCUT2D eigenvalue weighted by Crippen LogP contribution is -2.46. The normalized spacial score (nSPS) is 16.2. The third-order valence-electron chi connectivity index (χ3n) is 3.74. The SMILES string of the molecule is Fc1cc(F)cc(N2CCN(Cc3ccncc3)CC2)c1. The standard InChI is InChI=1S/C16H17F2N3/c17-14-9-15(18)11-16(10-14)21-7-5-20(6-8-21)12-13-1-3-19-4-2-13/h1-4,9-11H,5-8,12H2. The maximum absolute atomic E-state index is 13.3. The summed E-state index contributed by atoms with van der Waals surface area (Å²) < 4.78 is 26.5. The van der Waals surface area contributed by atoms with Gasteiger partial charge in [-0.15, -0.1) is 0 Å². The fraction of sp³-hybridized carbons (Fsp3) is 0.312. The Labute approximate surface area is 122 Å². The van der Waals surface area contributed by atoms with E-state index in [1.54, 1.807) is 12.4 Å². The summed E-state index contributed by atoms with van der Waals surface area (Å²) in [5.41, 5.74) is 1.85. The molecule has 1 saturated heterocycles. The van der Waals surface area contributed by atoms with Crippen molar-refractivity contribution in [1.29, 1.82) is 0 Å². The molecule has 0 spiro atoms. The molecule has 1 aliphatic rings. The molecule has 0 unspecified atom stereocenters. The zero-order valence-electron chi connectivity index (χ0n) is 11.7. The van der Waals surface area contributed by atoms with Crippen molar-refractivity contribution in [2.24, 2.45) is 0 Å². The van der Waals surface area contributed by atoms with Gasteiger partial charge in [0.25, 0.3) is 0 Å². The minimum Gasteiger partial charge on any atom is -0.369 e. The van der Waals surface area contributed by atoms with Gasteiger partial charge in [-0.2, -0.15) is 0 Å². The first-order valence-corrected chi connectivity index (χ1v) is 7.03. The summed E-state index contributed by atoms with van der Waals surface area (Å²) in [6.07, 6.45) is 3.59. The molecule has 1 fully saturated rings. The molecule has 0 atom stereocenters. The molecule has 1 aromatic heterocycles. The zero-order chi connectivity index (χ0) is 14.7. The molecule has 0 amide bonds. The van der Waals surface area contributed by atoms with Crippen LogP contribution < -0.4 is 4.90 Å². The molecule has 5 heteroatoms. The van der Waals surface area contributed by atoms with E-state index in [-0.39, 0.29) is 0 Å². The van der Waals surface area contributed by atoms with Crippen LogP contribution in [0.25, 0.3) is 0 Å². The molecule has 3 nitrogen and oxygen atoms in total. The van der Waals surface area contributed by atoms with Crippen LogP contribution in [-0.2, 0) is 6.54 Å². The van der Waals surface area contributed by atoms with Crippen LogP contribution in [0.15, 0.2) is 42.7 Å². The lowest BCUT2D eigenvalue weighted by atomic mass is 10.2. The number of piperazine rings is 1. The molecule has 0 N–H and O–H groups in total. The summed E-state index contributed by atoms with van der Waals surface area (Å²) in [6.45, 7) is 4.18. The van der Waals surface area contributed by atoms with E-state index < -0.39 is 11.6 Å². The van der Waals surface area contributed by atoms with Crippen LogP contribution in [0.2, 0.25) is 0 Å². The highest BCUT2D eigenvalue weighted by Gasteiger charge is 2.18. The summed E-state index contributed by atoms with van der Waals surface area (Å²) in [5.74, 6) is -1.05. The van der Waals surface area contributed by atoms with Crippen LogP contribution >= 0.6 is 0 Å². The summed E-state index contributed by atoms with van der Waals surface area (Å²) in [4.78, 5) is 8.37. The summed E-state index contributed by atoms with van der Waals surface area (Å²) >= 11 is 0. The van der Waals surface area contributed by atoms with E-state index in [4.69, 9.17) is 0 Å². The molecule has 2 heterocycles. The van der Waals surface area contributed by atoms with Gasteiger partial charge in [0.15, 0.2) is 0 Å². The molecule has 3 rings (SSSR count). The molecular formula is C16H17F2N3. The fourth-order valence-electron chi connectivity index (χ4n) is 2.63. The molecule has 2 aromatic rings. The van der Waals surface area contributed by atoms with E-state index in [0.29, 0.717) is 5.69 Å². The highest BCUT2D eigenvalue weighted by molar-refractivity contribution is 5.47. The molecule has 0 aliphatic carbocycles. The Bertz CT molecular complexity index is 575. The molecular weight excluding hydrogens is 272 g/mol. The smallest absolute Gasteiger partial charge is 0.128 e. The largest absolute Gasteiger partial charge is 0.369 e. The second kappa shape index (κ2) is 6.18. The van der Waals surface area contributed by atoms with Crippen LogP contribution in [0.4, 0.5) is 14.5 Å². The predicted molar refractivity (Wildman–Crippen MR) is 78.1 cm³/mol. The van der Waals surface area contributed by atoms with Crippen molar-refractivity contribution in [2.75, 3.05) is 31.1 Å². The maximum atomic E-state index is 13.3. The summed E-state index contributed by atoms with van der Waals surface area (Å²) in [6, 6.07) is 7.70. The number of hydrogen-bond acceptors (Lipinski definition) is 3. The van der Waals surface area contributed by atoms with Gasteiger partial charge in [-0.25, -0.2) is 8.78 Å². The highest BCUT2D eigenvalue weighted by Crippen LogP contribution is 2.20. The van der Waals surface area contributed by atoms with E-state index in [9.17, 15) is 8.78 Å². The third kappa shape index (κ3) is 3.55. The van der Waals surface area contributed by atoms with Gasteiger partial charge in [0, 0.05) is 56.9 Å². The van der Waals surface area contributed by atoms with E-state index in [0.717, 1.165) is 38.8 Å². The number of anilines is 1. The monoisotopic (exact) mass is 289 g/mol. The van der Waals surface area contributed by atoms with Gasteiger partial charge in [-0.1, -0.05) is 0 Å².